The summed E-state index contributed by atoms with van der Waals surface area (Å²) in [6.45, 7) is 1.90. The molecule has 0 aliphatic heterocycles. The molecule has 0 saturated carbocycles. The van der Waals surface area contributed by atoms with Crippen molar-refractivity contribution in [2.24, 2.45) is 0 Å². The molecule has 0 spiro atoms. The highest BCUT2D eigenvalue weighted by molar-refractivity contribution is 9.10. The zero-order valence-electron chi connectivity index (χ0n) is 11.1. The fourth-order valence-corrected chi connectivity index (χ4v) is 1.89. The molecule has 0 bridgehead atoms. The Bertz CT molecular complexity index is 679. The molecule has 1 aromatic heterocycles. The van der Waals surface area contributed by atoms with Crippen molar-refractivity contribution in [3.8, 4) is 11.6 Å². The number of nitrogens with zero attached hydrogens (tertiary/aromatic N) is 1. The summed E-state index contributed by atoms with van der Waals surface area (Å²) in [4.78, 5) is 15.6. The maximum absolute atomic E-state index is 13.7. The van der Waals surface area contributed by atoms with Gasteiger partial charge in [-0.3, -0.25) is 0 Å². The second-order valence-electron chi connectivity index (χ2n) is 4.01. The number of aromatic nitrogens is 1. The number of hydrogen-bond acceptors (Lipinski definition) is 5. The monoisotopic (exact) mass is 354 g/mol. The van der Waals surface area contributed by atoms with Crippen LogP contribution in [0.3, 0.4) is 0 Å². The Labute approximate surface area is 129 Å². The normalized spacial score (nSPS) is 10.2. The molecule has 7 heteroatoms. The van der Waals surface area contributed by atoms with E-state index in [0.29, 0.717) is 4.47 Å². The first kappa shape index (κ1) is 15.2. The predicted octanol–water partition coefficient (Wildman–Crippen LogP) is 3.53. The molecule has 1 heterocycles. The van der Waals surface area contributed by atoms with E-state index in [1.165, 1.54) is 24.4 Å². The number of carbonyl (C=O) groups excluding carboxylic acids is 1. The van der Waals surface area contributed by atoms with E-state index in [4.69, 9.17) is 15.2 Å². The third kappa shape index (κ3) is 3.69. The molecule has 0 fully saturated rings. The number of halogens is 2. The lowest BCUT2D eigenvalue weighted by Gasteiger charge is -2.09. The van der Waals surface area contributed by atoms with E-state index in [0.717, 1.165) is 0 Å². The van der Waals surface area contributed by atoms with Gasteiger partial charge in [0.25, 0.3) is 0 Å². The smallest absolute Gasteiger partial charge is 0.340 e. The zero-order valence-corrected chi connectivity index (χ0v) is 12.7. The van der Waals surface area contributed by atoms with Gasteiger partial charge in [0.05, 0.1) is 24.1 Å². The van der Waals surface area contributed by atoms with Gasteiger partial charge in [0.1, 0.15) is 0 Å². The maximum atomic E-state index is 13.7. The molecule has 2 aromatic rings. The minimum Gasteiger partial charge on any atom is -0.462 e. The molecule has 0 unspecified atom stereocenters. The average molecular weight is 355 g/mol. The second kappa shape index (κ2) is 6.53. The molecule has 0 aliphatic rings. The number of esters is 1. The molecule has 5 nitrogen and oxygen atoms in total. The Morgan fingerprint density at radius 3 is 2.86 bits per heavy atom. The second-order valence-corrected chi connectivity index (χ2v) is 4.92. The highest BCUT2D eigenvalue weighted by atomic mass is 79.9. The number of rotatable bonds is 4. The van der Waals surface area contributed by atoms with Gasteiger partial charge in [0.15, 0.2) is 11.6 Å². The fraction of sp³-hybridized carbons (Fsp3) is 0.143. The van der Waals surface area contributed by atoms with Crippen molar-refractivity contribution >= 4 is 27.6 Å². The summed E-state index contributed by atoms with van der Waals surface area (Å²) in [5, 5.41) is 0. The number of nitrogens with two attached hydrogens (primary N) is 1. The number of pyridine rings is 1. The van der Waals surface area contributed by atoms with Crippen LogP contribution in [0.5, 0.6) is 11.6 Å². The minimum atomic E-state index is -0.585. The lowest BCUT2D eigenvalue weighted by atomic mass is 10.2. The zero-order chi connectivity index (χ0) is 15.4. The van der Waals surface area contributed by atoms with Crippen molar-refractivity contribution in [3.05, 3.63) is 46.3 Å². The molecule has 110 valence electrons. The fourth-order valence-electron chi connectivity index (χ4n) is 1.56. The molecular weight excluding hydrogens is 343 g/mol. The van der Waals surface area contributed by atoms with Gasteiger partial charge in [-0.05, 0) is 25.1 Å². The minimum absolute atomic E-state index is 0.00900. The van der Waals surface area contributed by atoms with Crippen LogP contribution >= 0.6 is 15.9 Å². The van der Waals surface area contributed by atoms with E-state index < -0.39 is 11.8 Å². The van der Waals surface area contributed by atoms with E-state index in [1.807, 2.05) is 0 Å². The van der Waals surface area contributed by atoms with E-state index in [2.05, 4.69) is 20.9 Å². The first-order chi connectivity index (χ1) is 10.0. The lowest BCUT2D eigenvalue weighted by molar-refractivity contribution is 0.0527. The molecular formula is C14H12BrFN2O3. The van der Waals surface area contributed by atoms with Crippen LogP contribution in [-0.4, -0.2) is 17.6 Å². The average Bonchev–Trinajstić information content (AvgIpc) is 2.44. The van der Waals surface area contributed by atoms with Crippen molar-refractivity contribution in [2.75, 3.05) is 12.3 Å². The third-order valence-corrected chi connectivity index (χ3v) is 3.01. The van der Waals surface area contributed by atoms with Crippen molar-refractivity contribution in [1.29, 1.82) is 0 Å². The molecule has 0 aliphatic carbocycles. The summed E-state index contributed by atoms with van der Waals surface area (Å²) in [6, 6.07) is 5.65. The van der Waals surface area contributed by atoms with Crippen molar-refractivity contribution in [2.45, 2.75) is 6.92 Å². The van der Waals surface area contributed by atoms with Crippen LogP contribution in [0.1, 0.15) is 17.3 Å². The molecule has 1 aromatic carbocycles. The van der Waals surface area contributed by atoms with Crippen LogP contribution in [0.15, 0.2) is 34.9 Å². The quantitative estimate of drug-likeness (QED) is 0.850. The molecule has 0 radical (unpaired) electrons. The van der Waals surface area contributed by atoms with Crippen molar-refractivity contribution in [3.63, 3.8) is 0 Å². The van der Waals surface area contributed by atoms with Crippen LogP contribution in [-0.2, 0) is 4.74 Å². The topological polar surface area (TPSA) is 74.4 Å². The molecule has 0 saturated heterocycles. The van der Waals surface area contributed by atoms with Gasteiger partial charge in [-0.25, -0.2) is 14.2 Å². The first-order valence-corrected chi connectivity index (χ1v) is 6.86. The van der Waals surface area contributed by atoms with Crippen molar-refractivity contribution < 1.29 is 18.7 Å². The number of benzene rings is 1. The van der Waals surface area contributed by atoms with E-state index in [9.17, 15) is 9.18 Å². The summed E-state index contributed by atoms with van der Waals surface area (Å²) >= 11 is 3.15. The molecule has 2 N–H and O–H groups in total. The van der Waals surface area contributed by atoms with Crippen LogP contribution in [0.2, 0.25) is 0 Å². The van der Waals surface area contributed by atoms with Gasteiger partial charge in [-0.2, -0.15) is 0 Å². The molecule has 21 heavy (non-hydrogen) atoms. The predicted molar refractivity (Wildman–Crippen MR) is 78.8 cm³/mol. The Hall–Kier alpha value is -2.15. The Morgan fingerprint density at radius 1 is 1.43 bits per heavy atom. The maximum Gasteiger partial charge on any atom is 0.340 e. The van der Waals surface area contributed by atoms with Gasteiger partial charge < -0.3 is 15.2 Å². The number of anilines is 1. The summed E-state index contributed by atoms with van der Waals surface area (Å²) in [5.41, 5.74) is 5.95. The lowest BCUT2D eigenvalue weighted by Crippen LogP contribution is -2.08. The summed E-state index contributed by atoms with van der Waals surface area (Å²) in [7, 11) is 0. The Kier molecular flexibility index (Phi) is 4.74. The molecule has 0 atom stereocenters. The molecule has 0 amide bonds. The Balaban J connectivity index is 2.28. The van der Waals surface area contributed by atoms with Crippen molar-refractivity contribution in [1.82, 2.24) is 4.98 Å². The van der Waals surface area contributed by atoms with E-state index in [-0.39, 0.29) is 29.5 Å². The van der Waals surface area contributed by atoms with Crippen LogP contribution in [0.25, 0.3) is 0 Å². The molecule has 2 rings (SSSR count). The number of carbonyl (C=O) groups is 1. The number of ether oxygens (including phenoxy) is 2. The van der Waals surface area contributed by atoms with Crippen LogP contribution in [0.4, 0.5) is 10.1 Å². The van der Waals surface area contributed by atoms with Gasteiger partial charge >= 0.3 is 5.97 Å². The van der Waals surface area contributed by atoms with Crippen LogP contribution < -0.4 is 10.5 Å². The Morgan fingerprint density at radius 2 is 2.19 bits per heavy atom. The third-order valence-electron chi connectivity index (χ3n) is 2.51. The van der Waals surface area contributed by atoms with Gasteiger partial charge in [0.2, 0.25) is 5.88 Å². The van der Waals surface area contributed by atoms with Gasteiger partial charge in [-0.15, -0.1) is 0 Å². The largest absolute Gasteiger partial charge is 0.462 e. The van der Waals surface area contributed by atoms with Gasteiger partial charge in [0, 0.05) is 10.5 Å². The summed E-state index contributed by atoms with van der Waals surface area (Å²) in [6.07, 6.45) is 1.26. The van der Waals surface area contributed by atoms with E-state index >= 15 is 0 Å². The van der Waals surface area contributed by atoms with Gasteiger partial charge in [-0.1, -0.05) is 15.9 Å². The summed E-state index contributed by atoms with van der Waals surface area (Å²) in [5.74, 6) is -1.10. The SMILES string of the molecule is CCOC(=O)c1cc(Oc2ccc(Br)cc2F)ncc1N. The van der Waals surface area contributed by atoms with E-state index in [1.54, 1.807) is 13.0 Å². The summed E-state index contributed by atoms with van der Waals surface area (Å²) < 4.78 is 24.5. The highest BCUT2D eigenvalue weighted by Crippen LogP contribution is 2.27. The standard InChI is InChI=1S/C14H12BrFN2O3/c1-2-20-14(19)9-6-13(18-7-11(9)17)21-12-4-3-8(15)5-10(12)16/h3-7H,2,17H2,1H3. The highest BCUT2D eigenvalue weighted by Gasteiger charge is 2.14. The number of hydrogen-bond donors (Lipinski definition) is 1. The number of nitrogen functional groups attached to an aromatic ring is 1. The van der Waals surface area contributed by atoms with Crippen LogP contribution in [0, 0.1) is 5.82 Å². The first-order valence-electron chi connectivity index (χ1n) is 6.06.